The first-order valence-corrected chi connectivity index (χ1v) is 8.73. The molecule has 1 aliphatic heterocycles. The van der Waals surface area contributed by atoms with Crippen molar-refractivity contribution in [1.29, 1.82) is 0 Å². The number of benzene rings is 1. The lowest BCUT2D eigenvalue weighted by atomic mass is 10.1. The summed E-state index contributed by atoms with van der Waals surface area (Å²) in [6.45, 7) is 3.01. The van der Waals surface area contributed by atoms with E-state index in [9.17, 15) is 5.11 Å². The molecule has 1 fully saturated rings. The fourth-order valence-electron chi connectivity index (χ4n) is 3.61. The number of para-hydroxylation sites is 1. The normalized spacial score (nSPS) is 15.1. The third kappa shape index (κ3) is 2.89. The van der Waals surface area contributed by atoms with E-state index in [0.717, 1.165) is 47.6 Å². The monoisotopic (exact) mass is 321 g/mol. The topological polar surface area (TPSA) is 41.3 Å². The summed E-state index contributed by atoms with van der Waals surface area (Å²) in [6.07, 6.45) is 5.89. The van der Waals surface area contributed by atoms with Crippen molar-refractivity contribution in [1.82, 2.24) is 9.55 Å². The van der Waals surface area contributed by atoms with Gasteiger partial charge < -0.3 is 14.6 Å². The maximum atomic E-state index is 9.59. The highest BCUT2D eigenvalue weighted by Gasteiger charge is 2.13. The van der Waals surface area contributed by atoms with Crippen LogP contribution in [0.2, 0.25) is 0 Å². The highest BCUT2D eigenvalue weighted by molar-refractivity contribution is 5.83. The van der Waals surface area contributed by atoms with Gasteiger partial charge in [0.05, 0.1) is 18.8 Å². The lowest BCUT2D eigenvalue weighted by molar-refractivity contribution is 0.283. The first kappa shape index (κ1) is 15.2. The van der Waals surface area contributed by atoms with Gasteiger partial charge in [0.2, 0.25) is 0 Å². The van der Waals surface area contributed by atoms with Crippen molar-refractivity contribution in [2.24, 2.45) is 0 Å². The van der Waals surface area contributed by atoms with Crippen molar-refractivity contribution >= 4 is 16.7 Å². The number of aliphatic hydroxyl groups is 1. The molecule has 0 aliphatic carbocycles. The molecule has 0 spiro atoms. The predicted octanol–water partition coefficient (Wildman–Crippen LogP) is 3.57. The van der Waals surface area contributed by atoms with Gasteiger partial charge in [0.15, 0.2) is 0 Å². The van der Waals surface area contributed by atoms with Gasteiger partial charge in [0, 0.05) is 35.8 Å². The number of nitrogens with zero attached hydrogens (tertiary/aromatic N) is 3. The van der Waals surface area contributed by atoms with Gasteiger partial charge in [-0.05, 0) is 37.5 Å². The van der Waals surface area contributed by atoms with Gasteiger partial charge in [-0.25, -0.2) is 4.98 Å². The van der Waals surface area contributed by atoms with Crippen molar-refractivity contribution in [3.05, 3.63) is 59.9 Å². The number of aromatic nitrogens is 2. The highest BCUT2D eigenvalue weighted by Crippen LogP contribution is 2.23. The number of aliphatic hydroxyl groups excluding tert-OH is 1. The van der Waals surface area contributed by atoms with E-state index in [0.29, 0.717) is 0 Å². The van der Waals surface area contributed by atoms with Crippen LogP contribution in [-0.4, -0.2) is 27.7 Å². The molecule has 0 radical (unpaired) electrons. The maximum Gasteiger partial charge on any atom is 0.128 e. The summed E-state index contributed by atoms with van der Waals surface area (Å²) >= 11 is 0. The second kappa shape index (κ2) is 6.65. The average molecular weight is 321 g/mol. The van der Waals surface area contributed by atoms with Crippen LogP contribution >= 0.6 is 0 Å². The lowest BCUT2D eigenvalue weighted by Gasteiger charge is -2.28. The molecule has 1 N–H and O–H groups in total. The molecule has 0 bridgehead atoms. The van der Waals surface area contributed by atoms with Crippen LogP contribution in [0, 0.1) is 0 Å². The molecule has 124 valence electrons. The van der Waals surface area contributed by atoms with Crippen molar-refractivity contribution in [3.63, 3.8) is 0 Å². The standard InChI is InChI=1S/C20H23N3O/c24-15-16-13-23(19-9-3-2-8-18(16)19)14-17-7-6-10-20(21-17)22-11-4-1-5-12-22/h2-3,6-10,13,24H,1,4-5,11-12,14-15H2. The van der Waals surface area contributed by atoms with Gasteiger partial charge in [-0.3, -0.25) is 0 Å². The van der Waals surface area contributed by atoms with E-state index in [2.05, 4.69) is 39.8 Å². The smallest absolute Gasteiger partial charge is 0.128 e. The van der Waals surface area contributed by atoms with Crippen molar-refractivity contribution in [3.8, 4) is 0 Å². The van der Waals surface area contributed by atoms with Crippen LogP contribution in [0.5, 0.6) is 0 Å². The Morgan fingerprint density at radius 1 is 0.958 bits per heavy atom. The maximum absolute atomic E-state index is 9.59. The average Bonchev–Trinajstić information content (AvgIpc) is 3.01. The van der Waals surface area contributed by atoms with Gasteiger partial charge in [-0.2, -0.15) is 0 Å². The third-order valence-electron chi connectivity index (χ3n) is 4.85. The van der Waals surface area contributed by atoms with Crippen LogP contribution in [0.4, 0.5) is 5.82 Å². The second-order valence-corrected chi connectivity index (χ2v) is 6.49. The van der Waals surface area contributed by atoms with Gasteiger partial charge in [-0.15, -0.1) is 0 Å². The minimum absolute atomic E-state index is 0.0642. The molecule has 1 aromatic carbocycles. The Morgan fingerprint density at radius 2 is 1.79 bits per heavy atom. The molecule has 3 aromatic rings. The number of anilines is 1. The van der Waals surface area contributed by atoms with Crippen LogP contribution in [0.15, 0.2) is 48.7 Å². The zero-order chi connectivity index (χ0) is 16.4. The molecule has 2 aromatic heterocycles. The molecular weight excluding hydrogens is 298 g/mol. The molecule has 4 nitrogen and oxygen atoms in total. The Labute approximate surface area is 142 Å². The molecule has 3 heterocycles. The summed E-state index contributed by atoms with van der Waals surface area (Å²) in [5, 5.41) is 10.7. The predicted molar refractivity (Wildman–Crippen MR) is 97.3 cm³/mol. The Morgan fingerprint density at radius 3 is 2.62 bits per heavy atom. The van der Waals surface area contributed by atoms with Crippen LogP contribution in [0.1, 0.15) is 30.5 Å². The number of hydrogen-bond donors (Lipinski definition) is 1. The quantitative estimate of drug-likeness (QED) is 0.799. The van der Waals surface area contributed by atoms with Gasteiger partial charge >= 0.3 is 0 Å². The Hall–Kier alpha value is -2.33. The molecule has 1 saturated heterocycles. The molecule has 0 atom stereocenters. The van der Waals surface area contributed by atoms with Gasteiger partial charge in [0.25, 0.3) is 0 Å². The van der Waals surface area contributed by atoms with E-state index >= 15 is 0 Å². The number of pyridine rings is 1. The van der Waals surface area contributed by atoms with E-state index in [1.165, 1.54) is 19.3 Å². The summed E-state index contributed by atoms with van der Waals surface area (Å²) < 4.78 is 2.18. The summed E-state index contributed by atoms with van der Waals surface area (Å²) in [6, 6.07) is 14.5. The number of rotatable bonds is 4. The minimum atomic E-state index is 0.0642. The van der Waals surface area contributed by atoms with Crippen LogP contribution in [0.25, 0.3) is 10.9 Å². The fourth-order valence-corrected chi connectivity index (χ4v) is 3.61. The van der Waals surface area contributed by atoms with E-state index in [-0.39, 0.29) is 6.61 Å². The van der Waals surface area contributed by atoms with E-state index < -0.39 is 0 Å². The van der Waals surface area contributed by atoms with Crippen molar-refractivity contribution in [2.45, 2.75) is 32.4 Å². The minimum Gasteiger partial charge on any atom is -0.392 e. The summed E-state index contributed by atoms with van der Waals surface area (Å²) in [5.74, 6) is 1.09. The Kier molecular flexibility index (Phi) is 4.22. The number of fused-ring (bicyclic) bond motifs is 1. The molecule has 0 amide bonds. The van der Waals surface area contributed by atoms with Gasteiger partial charge in [-0.1, -0.05) is 24.3 Å². The van der Waals surface area contributed by atoms with Crippen LogP contribution in [-0.2, 0) is 13.2 Å². The first-order valence-electron chi connectivity index (χ1n) is 8.73. The third-order valence-corrected chi connectivity index (χ3v) is 4.85. The van der Waals surface area contributed by atoms with E-state index in [1.807, 2.05) is 18.3 Å². The summed E-state index contributed by atoms with van der Waals surface area (Å²) in [5.41, 5.74) is 3.17. The molecule has 4 heteroatoms. The van der Waals surface area contributed by atoms with Crippen molar-refractivity contribution < 1.29 is 5.11 Å². The molecule has 0 unspecified atom stereocenters. The fraction of sp³-hybridized carbons (Fsp3) is 0.350. The Balaban J connectivity index is 1.64. The SMILES string of the molecule is OCc1cn(Cc2cccc(N3CCCCC3)n2)c2ccccc12. The Bertz CT molecular complexity index is 834. The summed E-state index contributed by atoms with van der Waals surface area (Å²) in [7, 11) is 0. The summed E-state index contributed by atoms with van der Waals surface area (Å²) in [4.78, 5) is 7.27. The zero-order valence-electron chi connectivity index (χ0n) is 13.9. The first-order chi connectivity index (χ1) is 11.8. The zero-order valence-corrected chi connectivity index (χ0v) is 13.9. The van der Waals surface area contributed by atoms with E-state index in [4.69, 9.17) is 4.98 Å². The van der Waals surface area contributed by atoms with Crippen LogP contribution in [0.3, 0.4) is 0 Å². The molecular formula is C20H23N3O. The molecule has 4 rings (SSSR count). The van der Waals surface area contributed by atoms with Crippen molar-refractivity contribution in [2.75, 3.05) is 18.0 Å². The van der Waals surface area contributed by atoms with Gasteiger partial charge in [0.1, 0.15) is 5.82 Å². The largest absolute Gasteiger partial charge is 0.392 e. The van der Waals surface area contributed by atoms with Crippen LogP contribution < -0.4 is 4.90 Å². The number of piperidine rings is 1. The second-order valence-electron chi connectivity index (χ2n) is 6.49. The number of hydrogen-bond acceptors (Lipinski definition) is 3. The molecule has 24 heavy (non-hydrogen) atoms. The molecule has 0 saturated carbocycles. The van der Waals surface area contributed by atoms with E-state index in [1.54, 1.807) is 0 Å². The lowest BCUT2D eigenvalue weighted by Crippen LogP contribution is -2.30. The highest BCUT2D eigenvalue weighted by atomic mass is 16.3. The molecule has 1 aliphatic rings.